The van der Waals surface area contributed by atoms with Crippen molar-refractivity contribution in [1.29, 1.82) is 0 Å². The molecule has 0 saturated carbocycles. The first kappa shape index (κ1) is 26.7. The molecule has 2 heterocycles. The molecule has 0 spiro atoms. The van der Waals surface area contributed by atoms with Gasteiger partial charge in [0.25, 0.3) is 0 Å². The Labute approximate surface area is 216 Å². The van der Waals surface area contributed by atoms with Crippen LogP contribution in [0.5, 0.6) is 11.5 Å². The molecule has 0 aliphatic rings. The molecule has 0 unspecified atom stereocenters. The summed E-state index contributed by atoms with van der Waals surface area (Å²) in [4.78, 5) is 20.9. The third-order valence-corrected chi connectivity index (χ3v) is 5.34. The average Bonchev–Trinajstić information content (AvgIpc) is 3.31. The molecule has 5 N–H and O–H groups in total. The molecule has 200 valence electrons. The van der Waals surface area contributed by atoms with Crippen molar-refractivity contribution in [1.82, 2.24) is 25.5 Å². The Morgan fingerprint density at radius 1 is 1.05 bits per heavy atom. The van der Waals surface area contributed by atoms with Crippen molar-refractivity contribution in [2.45, 2.75) is 12.8 Å². The Hall–Kier alpha value is -4.36. The molecule has 0 saturated heterocycles. The number of hydrogen-bond donors (Lipinski definition) is 5. The first-order chi connectivity index (χ1) is 18.4. The van der Waals surface area contributed by atoms with Crippen molar-refractivity contribution in [3.05, 3.63) is 60.1 Å². The van der Waals surface area contributed by atoms with Crippen LogP contribution >= 0.6 is 0 Å². The summed E-state index contributed by atoms with van der Waals surface area (Å²) in [6.07, 6.45) is 2.05. The minimum atomic E-state index is -0.785. The number of hydrogen-bond acceptors (Lipinski definition) is 9. The molecule has 0 bridgehead atoms. The third-order valence-electron chi connectivity index (χ3n) is 5.34. The SMILES string of the molecule is COc1cc2c(Nc3cc(CC(=O)Nc4cc(F)cc(F)c4)[nH]n3)ncnc2cc1OCCCNCCO. The number of anilines is 3. The first-order valence-corrected chi connectivity index (χ1v) is 11.8. The van der Waals surface area contributed by atoms with E-state index in [1.54, 1.807) is 18.2 Å². The average molecular weight is 528 g/mol. The number of carbonyl (C=O) groups is 1. The number of benzene rings is 2. The van der Waals surface area contributed by atoms with Crippen LogP contribution in [0.25, 0.3) is 10.9 Å². The molecule has 4 rings (SSSR count). The molecular weight excluding hydrogens is 500 g/mol. The number of amides is 1. The van der Waals surface area contributed by atoms with Crippen LogP contribution in [-0.4, -0.2) is 64.6 Å². The Kier molecular flexibility index (Phi) is 8.95. The maximum atomic E-state index is 13.4. The van der Waals surface area contributed by atoms with E-state index >= 15 is 0 Å². The second-order valence-corrected chi connectivity index (χ2v) is 8.20. The zero-order chi connectivity index (χ0) is 26.9. The third kappa shape index (κ3) is 7.11. The lowest BCUT2D eigenvalue weighted by atomic mass is 10.2. The van der Waals surface area contributed by atoms with E-state index in [2.05, 4.69) is 36.1 Å². The summed E-state index contributed by atoms with van der Waals surface area (Å²) in [6, 6.07) is 7.93. The maximum absolute atomic E-state index is 13.4. The fourth-order valence-corrected chi connectivity index (χ4v) is 3.66. The lowest BCUT2D eigenvalue weighted by molar-refractivity contribution is -0.115. The lowest BCUT2D eigenvalue weighted by Gasteiger charge is -2.13. The molecule has 0 radical (unpaired) electrons. The van der Waals surface area contributed by atoms with Crippen molar-refractivity contribution in [2.24, 2.45) is 0 Å². The van der Waals surface area contributed by atoms with Gasteiger partial charge in [0, 0.05) is 41.5 Å². The number of ether oxygens (including phenoxy) is 2. The second kappa shape index (κ2) is 12.7. The van der Waals surface area contributed by atoms with Crippen molar-refractivity contribution in [3.8, 4) is 11.5 Å². The van der Waals surface area contributed by atoms with Gasteiger partial charge in [0.05, 0.1) is 32.3 Å². The molecule has 13 heteroatoms. The lowest BCUT2D eigenvalue weighted by Crippen LogP contribution is -2.20. The van der Waals surface area contributed by atoms with Crippen LogP contribution in [-0.2, 0) is 11.2 Å². The van der Waals surface area contributed by atoms with Crippen LogP contribution in [0.15, 0.2) is 42.7 Å². The molecule has 4 aromatic rings. The van der Waals surface area contributed by atoms with E-state index in [1.165, 1.54) is 13.4 Å². The number of aromatic nitrogens is 4. The largest absolute Gasteiger partial charge is 0.493 e. The number of carbonyl (C=O) groups excluding carboxylic acids is 1. The van der Waals surface area contributed by atoms with Gasteiger partial charge in [-0.2, -0.15) is 5.10 Å². The predicted octanol–water partition coefficient (Wildman–Crippen LogP) is 2.92. The van der Waals surface area contributed by atoms with Crippen LogP contribution in [0.3, 0.4) is 0 Å². The normalized spacial score (nSPS) is 10.9. The highest BCUT2D eigenvalue weighted by Crippen LogP contribution is 2.34. The van der Waals surface area contributed by atoms with Gasteiger partial charge in [-0.25, -0.2) is 18.7 Å². The molecule has 11 nitrogen and oxygen atoms in total. The number of fused-ring (bicyclic) bond motifs is 1. The smallest absolute Gasteiger partial charge is 0.230 e. The van der Waals surface area contributed by atoms with Crippen molar-refractivity contribution in [2.75, 3.05) is 44.0 Å². The minimum absolute atomic E-state index is 0.0217. The number of rotatable bonds is 13. The van der Waals surface area contributed by atoms with Crippen LogP contribution in [0.1, 0.15) is 12.1 Å². The first-order valence-electron chi connectivity index (χ1n) is 11.8. The van der Waals surface area contributed by atoms with E-state index in [4.69, 9.17) is 14.6 Å². The quantitative estimate of drug-likeness (QED) is 0.166. The zero-order valence-electron chi connectivity index (χ0n) is 20.6. The number of aliphatic hydroxyl groups is 1. The van der Waals surface area contributed by atoms with Crippen molar-refractivity contribution < 1.29 is 28.2 Å². The molecule has 2 aromatic heterocycles. The maximum Gasteiger partial charge on any atom is 0.230 e. The van der Waals surface area contributed by atoms with Gasteiger partial charge in [0.1, 0.15) is 23.8 Å². The van der Waals surface area contributed by atoms with Crippen molar-refractivity contribution in [3.63, 3.8) is 0 Å². The summed E-state index contributed by atoms with van der Waals surface area (Å²) in [6.45, 7) is 1.79. The van der Waals surface area contributed by atoms with Crippen LogP contribution in [0.2, 0.25) is 0 Å². The van der Waals surface area contributed by atoms with Gasteiger partial charge in [0.2, 0.25) is 5.91 Å². The highest BCUT2D eigenvalue weighted by molar-refractivity contribution is 5.93. The van der Waals surface area contributed by atoms with Gasteiger partial charge in [-0.3, -0.25) is 9.89 Å². The molecule has 1 amide bonds. The summed E-state index contributed by atoms with van der Waals surface area (Å²) in [7, 11) is 1.54. The summed E-state index contributed by atoms with van der Waals surface area (Å²) in [5.41, 5.74) is 1.12. The van der Waals surface area contributed by atoms with Gasteiger partial charge < -0.3 is 30.5 Å². The van der Waals surface area contributed by atoms with Crippen molar-refractivity contribution >= 4 is 34.1 Å². The van der Waals surface area contributed by atoms with E-state index in [1.807, 2.05) is 0 Å². The Morgan fingerprint density at radius 2 is 1.87 bits per heavy atom. The summed E-state index contributed by atoms with van der Waals surface area (Å²) < 4.78 is 38.1. The van der Waals surface area contributed by atoms with E-state index < -0.39 is 17.5 Å². The molecule has 0 aliphatic carbocycles. The highest BCUT2D eigenvalue weighted by Gasteiger charge is 2.14. The number of nitrogens with one attached hydrogen (secondary N) is 4. The number of methoxy groups -OCH3 is 1. The van der Waals surface area contributed by atoms with E-state index in [9.17, 15) is 13.6 Å². The Balaban J connectivity index is 1.42. The van der Waals surface area contributed by atoms with E-state index in [0.717, 1.165) is 24.6 Å². The summed E-state index contributed by atoms with van der Waals surface area (Å²) >= 11 is 0. The van der Waals surface area contributed by atoms with Gasteiger partial charge in [0.15, 0.2) is 17.3 Å². The standard InChI is InChI=1S/C25H27F2N7O4/c1-37-21-12-19-20(13-22(21)38-6-2-3-28-4-5-35)29-14-30-25(19)32-23-10-18(33-34-23)11-24(36)31-17-8-15(26)7-16(27)9-17/h7-10,12-14,28,35H,2-6,11H2,1H3,(H,31,36)(H2,29,30,32,33,34). The van der Waals surface area contributed by atoms with Crippen LogP contribution < -0.4 is 25.4 Å². The molecule has 38 heavy (non-hydrogen) atoms. The predicted molar refractivity (Wildman–Crippen MR) is 137 cm³/mol. The van der Waals surface area contributed by atoms with Gasteiger partial charge in [-0.15, -0.1) is 0 Å². The van der Waals surface area contributed by atoms with Gasteiger partial charge in [-0.05, 0) is 31.2 Å². The van der Waals surface area contributed by atoms with E-state index in [-0.39, 0.29) is 18.7 Å². The molecular formula is C25H27F2N7O4. The number of halogens is 2. The number of nitrogens with zero attached hydrogens (tertiary/aromatic N) is 3. The number of aromatic amines is 1. The van der Waals surface area contributed by atoms with Crippen LogP contribution in [0.4, 0.5) is 26.1 Å². The van der Waals surface area contributed by atoms with E-state index in [0.29, 0.717) is 59.4 Å². The minimum Gasteiger partial charge on any atom is -0.493 e. The second-order valence-electron chi connectivity index (χ2n) is 8.20. The monoisotopic (exact) mass is 527 g/mol. The van der Waals surface area contributed by atoms with Gasteiger partial charge >= 0.3 is 0 Å². The molecule has 0 atom stereocenters. The fraction of sp³-hybridized carbons (Fsp3) is 0.280. The summed E-state index contributed by atoms with van der Waals surface area (Å²) in [5.74, 6) is -0.131. The fourth-order valence-electron chi connectivity index (χ4n) is 3.66. The molecule has 0 aliphatic heterocycles. The topological polar surface area (TPSA) is 146 Å². The molecule has 2 aromatic carbocycles. The van der Waals surface area contributed by atoms with Gasteiger partial charge in [-0.1, -0.05) is 0 Å². The Bertz CT molecular complexity index is 1380. The number of aliphatic hydroxyl groups excluding tert-OH is 1. The zero-order valence-corrected chi connectivity index (χ0v) is 20.6. The highest BCUT2D eigenvalue weighted by atomic mass is 19.1. The van der Waals surface area contributed by atoms with Crippen LogP contribution in [0, 0.1) is 11.6 Å². The number of H-pyrrole nitrogens is 1. The summed E-state index contributed by atoms with van der Waals surface area (Å²) in [5, 5.41) is 25.0. The Morgan fingerprint density at radius 3 is 2.63 bits per heavy atom. The molecule has 0 fully saturated rings.